The summed E-state index contributed by atoms with van der Waals surface area (Å²) in [7, 11) is 0. The van der Waals surface area contributed by atoms with Gasteiger partial charge in [-0.25, -0.2) is 4.79 Å². The van der Waals surface area contributed by atoms with Crippen LogP contribution in [0.1, 0.15) is 19.3 Å². The van der Waals surface area contributed by atoms with Crippen molar-refractivity contribution in [3.05, 3.63) is 0 Å². The number of hydrogen-bond donors (Lipinski definition) is 2. The van der Waals surface area contributed by atoms with Gasteiger partial charge in [0.25, 0.3) is 0 Å². The Kier molecular flexibility index (Phi) is 1.76. The molecule has 0 spiro atoms. The van der Waals surface area contributed by atoms with E-state index in [9.17, 15) is 9.59 Å². The van der Waals surface area contributed by atoms with Gasteiger partial charge in [0.15, 0.2) is 0 Å². The van der Waals surface area contributed by atoms with Crippen LogP contribution in [0.3, 0.4) is 0 Å². The standard InChI is InChI=1S/C12H18N4O2/c13-9(17)11-5-12(6-11,7-11)16-4-8-3-14-1-2-15(8)10(16)18/h8,14H,1-7H2,(H2,13,17). The number of carbonyl (C=O) groups is 2. The lowest BCUT2D eigenvalue weighted by Gasteiger charge is -2.71. The number of nitrogens with one attached hydrogen (secondary N) is 1. The van der Waals surface area contributed by atoms with Crippen LogP contribution in [0.5, 0.6) is 0 Å². The second-order valence-electron chi connectivity index (χ2n) is 6.34. The SMILES string of the molecule is NC(=O)C12CC(N3CC4CNCCN4C3=O)(C1)C2. The molecule has 5 rings (SSSR count). The summed E-state index contributed by atoms with van der Waals surface area (Å²) in [6.45, 7) is 3.38. The van der Waals surface area contributed by atoms with Crippen LogP contribution in [0.4, 0.5) is 4.79 Å². The summed E-state index contributed by atoms with van der Waals surface area (Å²) in [6, 6.07) is 0.476. The zero-order valence-electron chi connectivity index (χ0n) is 10.3. The summed E-state index contributed by atoms with van der Waals surface area (Å²) in [5.41, 5.74) is 5.10. The number of amides is 3. The monoisotopic (exact) mass is 250 g/mol. The number of primary amides is 1. The maximum Gasteiger partial charge on any atom is 0.320 e. The van der Waals surface area contributed by atoms with E-state index < -0.39 is 0 Å². The highest BCUT2D eigenvalue weighted by Gasteiger charge is 2.75. The van der Waals surface area contributed by atoms with Crippen LogP contribution in [0.2, 0.25) is 0 Å². The first-order chi connectivity index (χ1) is 8.56. The highest BCUT2D eigenvalue weighted by molar-refractivity contribution is 5.87. The third kappa shape index (κ3) is 1.03. The molecule has 18 heavy (non-hydrogen) atoms. The molecule has 0 radical (unpaired) electrons. The number of rotatable bonds is 2. The van der Waals surface area contributed by atoms with Crippen molar-refractivity contribution in [1.82, 2.24) is 15.1 Å². The minimum atomic E-state index is -0.276. The fourth-order valence-electron chi connectivity index (χ4n) is 4.30. The molecule has 98 valence electrons. The molecule has 2 aliphatic heterocycles. The zero-order chi connectivity index (χ0) is 12.5. The predicted octanol–water partition coefficient (Wildman–Crippen LogP) is -0.896. The van der Waals surface area contributed by atoms with Crippen molar-refractivity contribution in [1.29, 1.82) is 0 Å². The van der Waals surface area contributed by atoms with Crippen LogP contribution in [0, 0.1) is 5.41 Å². The quantitative estimate of drug-likeness (QED) is 0.667. The van der Waals surface area contributed by atoms with Gasteiger partial charge >= 0.3 is 6.03 Å². The molecule has 6 heteroatoms. The van der Waals surface area contributed by atoms with E-state index in [2.05, 4.69) is 5.32 Å². The average molecular weight is 250 g/mol. The molecule has 1 unspecified atom stereocenters. The second-order valence-corrected chi connectivity index (χ2v) is 6.34. The van der Waals surface area contributed by atoms with Crippen LogP contribution >= 0.6 is 0 Å². The molecule has 2 bridgehead atoms. The normalized spacial score (nSPS) is 45.3. The van der Waals surface area contributed by atoms with Crippen molar-refractivity contribution >= 4 is 11.9 Å². The fraction of sp³-hybridized carbons (Fsp3) is 0.833. The second kappa shape index (κ2) is 2.99. The number of carbonyl (C=O) groups excluding carboxylic acids is 2. The van der Waals surface area contributed by atoms with Crippen molar-refractivity contribution in [2.75, 3.05) is 26.2 Å². The number of fused-ring (bicyclic) bond motifs is 1. The number of urea groups is 1. The van der Waals surface area contributed by atoms with Gasteiger partial charge in [0.1, 0.15) is 0 Å². The third-order valence-electron chi connectivity index (χ3n) is 5.32. The summed E-state index contributed by atoms with van der Waals surface area (Å²) in [5.74, 6) is -0.185. The lowest BCUT2D eigenvalue weighted by Crippen LogP contribution is -2.78. The average Bonchev–Trinajstić information content (AvgIpc) is 2.53. The molecule has 0 aromatic carbocycles. The Bertz CT molecular complexity index is 430. The van der Waals surface area contributed by atoms with Gasteiger partial charge < -0.3 is 20.9 Å². The van der Waals surface area contributed by atoms with E-state index in [1.165, 1.54) is 0 Å². The van der Waals surface area contributed by atoms with Crippen LogP contribution in [0.15, 0.2) is 0 Å². The lowest BCUT2D eigenvalue weighted by molar-refractivity contribution is -0.202. The highest BCUT2D eigenvalue weighted by atomic mass is 16.2. The Labute approximate surface area is 105 Å². The predicted molar refractivity (Wildman–Crippen MR) is 63.7 cm³/mol. The Morgan fingerprint density at radius 2 is 2.11 bits per heavy atom. The molecular weight excluding hydrogens is 232 g/mol. The number of piperazine rings is 1. The van der Waals surface area contributed by atoms with E-state index >= 15 is 0 Å². The van der Waals surface area contributed by atoms with Gasteiger partial charge in [-0.15, -0.1) is 0 Å². The maximum absolute atomic E-state index is 12.4. The molecule has 6 nitrogen and oxygen atoms in total. The largest absolute Gasteiger partial charge is 0.369 e. The van der Waals surface area contributed by atoms with E-state index in [4.69, 9.17) is 5.73 Å². The molecular formula is C12H18N4O2. The van der Waals surface area contributed by atoms with Crippen LogP contribution in [-0.4, -0.2) is 59.5 Å². The first-order valence-corrected chi connectivity index (χ1v) is 6.65. The fourth-order valence-corrected chi connectivity index (χ4v) is 4.30. The Morgan fingerprint density at radius 3 is 2.72 bits per heavy atom. The molecule has 0 aromatic heterocycles. The van der Waals surface area contributed by atoms with Crippen LogP contribution < -0.4 is 11.1 Å². The smallest absolute Gasteiger partial charge is 0.320 e. The van der Waals surface area contributed by atoms with Gasteiger partial charge in [0, 0.05) is 31.7 Å². The summed E-state index contributed by atoms with van der Waals surface area (Å²) < 4.78 is 0. The Balaban J connectivity index is 1.52. The summed E-state index contributed by atoms with van der Waals surface area (Å²) >= 11 is 0. The van der Waals surface area contributed by atoms with Crippen molar-refractivity contribution in [2.24, 2.45) is 11.1 Å². The molecule has 3 amide bonds. The van der Waals surface area contributed by atoms with Gasteiger partial charge in [-0.1, -0.05) is 0 Å². The molecule has 3 saturated carbocycles. The number of nitrogens with two attached hydrogens (primary N) is 1. The van der Waals surface area contributed by atoms with Crippen LogP contribution in [0.25, 0.3) is 0 Å². The van der Waals surface area contributed by atoms with Crippen molar-refractivity contribution in [3.63, 3.8) is 0 Å². The van der Waals surface area contributed by atoms with Gasteiger partial charge in [0.2, 0.25) is 5.91 Å². The highest BCUT2D eigenvalue weighted by Crippen LogP contribution is 2.70. The van der Waals surface area contributed by atoms with Gasteiger partial charge in [0.05, 0.1) is 11.5 Å². The molecule has 5 fully saturated rings. The minimum absolute atomic E-state index is 0.0382. The van der Waals surface area contributed by atoms with E-state index in [1.54, 1.807) is 0 Å². The summed E-state index contributed by atoms with van der Waals surface area (Å²) in [5, 5.41) is 3.33. The number of nitrogens with zero attached hydrogens (tertiary/aromatic N) is 2. The van der Waals surface area contributed by atoms with Gasteiger partial charge in [-0.3, -0.25) is 4.79 Å². The maximum atomic E-state index is 12.4. The Hall–Kier alpha value is -1.30. The van der Waals surface area contributed by atoms with E-state index in [-0.39, 0.29) is 22.9 Å². The zero-order valence-corrected chi connectivity index (χ0v) is 10.3. The van der Waals surface area contributed by atoms with Gasteiger partial charge in [-0.2, -0.15) is 0 Å². The van der Waals surface area contributed by atoms with Crippen molar-refractivity contribution < 1.29 is 9.59 Å². The van der Waals surface area contributed by atoms with Crippen LogP contribution in [-0.2, 0) is 4.79 Å². The third-order valence-corrected chi connectivity index (χ3v) is 5.32. The summed E-state index contributed by atoms with van der Waals surface area (Å²) in [4.78, 5) is 27.7. The molecule has 2 saturated heterocycles. The first-order valence-electron chi connectivity index (χ1n) is 6.65. The molecule has 5 aliphatic rings. The topological polar surface area (TPSA) is 78.7 Å². The number of hydrogen-bond acceptors (Lipinski definition) is 3. The molecule has 0 aromatic rings. The Morgan fingerprint density at radius 1 is 1.39 bits per heavy atom. The molecule has 3 N–H and O–H groups in total. The van der Waals surface area contributed by atoms with E-state index in [0.717, 1.165) is 45.4 Å². The van der Waals surface area contributed by atoms with Gasteiger partial charge in [-0.05, 0) is 19.3 Å². The van der Waals surface area contributed by atoms with E-state index in [0.29, 0.717) is 6.04 Å². The molecule has 1 atom stereocenters. The van der Waals surface area contributed by atoms with E-state index in [1.807, 2.05) is 9.80 Å². The first kappa shape index (κ1) is 10.6. The minimum Gasteiger partial charge on any atom is -0.369 e. The summed E-state index contributed by atoms with van der Waals surface area (Å²) in [6.07, 6.45) is 2.36. The molecule has 2 heterocycles. The molecule has 3 aliphatic carbocycles. The lowest BCUT2D eigenvalue weighted by atomic mass is 9.38. The van der Waals surface area contributed by atoms with Crippen molar-refractivity contribution in [2.45, 2.75) is 30.8 Å². The van der Waals surface area contributed by atoms with Crippen molar-refractivity contribution in [3.8, 4) is 0 Å².